The van der Waals surface area contributed by atoms with Crippen LogP contribution in [0.25, 0.3) is 0 Å². The average molecular weight is 248 g/mol. The molecule has 2 saturated heterocycles. The topological polar surface area (TPSA) is 102 Å². The number of aryl methyl sites for hydroxylation is 1. The number of nitrogens with one attached hydrogen (secondary N) is 4. The summed E-state index contributed by atoms with van der Waals surface area (Å²) in [4.78, 5) is 22.9. The SMILES string of the molecule is Cc1ccc([C@]23NC(=O)N[C@@]2(O)NC(=O)N3)cc1. The molecule has 0 atom stereocenters. The number of hydrogen-bond donors (Lipinski definition) is 5. The fourth-order valence-electron chi connectivity index (χ4n) is 2.32. The minimum absolute atomic E-state index is 0.564. The van der Waals surface area contributed by atoms with Crippen LogP contribution in [0.5, 0.6) is 0 Å². The van der Waals surface area contributed by atoms with E-state index in [2.05, 4.69) is 21.3 Å². The van der Waals surface area contributed by atoms with Crippen molar-refractivity contribution in [1.29, 1.82) is 0 Å². The second-order valence-electron chi connectivity index (χ2n) is 4.48. The molecule has 0 unspecified atom stereocenters. The molecule has 94 valence electrons. The first-order valence-corrected chi connectivity index (χ1v) is 5.45. The number of carbonyl (C=O) groups excluding carboxylic acids is 2. The first-order valence-electron chi connectivity index (χ1n) is 5.45. The summed E-state index contributed by atoms with van der Waals surface area (Å²) in [6, 6.07) is 6.01. The van der Waals surface area contributed by atoms with Gasteiger partial charge in [0.25, 0.3) is 5.85 Å². The maximum atomic E-state index is 11.4. The summed E-state index contributed by atoms with van der Waals surface area (Å²) in [5.41, 5.74) is 0.218. The second kappa shape index (κ2) is 3.14. The zero-order valence-electron chi connectivity index (χ0n) is 9.57. The molecule has 7 heteroatoms. The van der Waals surface area contributed by atoms with Gasteiger partial charge in [0.15, 0.2) is 0 Å². The number of aliphatic hydroxyl groups is 1. The van der Waals surface area contributed by atoms with E-state index in [-0.39, 0.29) is 0 Å². The quantitative estimate of drug-likeness (QED) is 0.459. The molecule has 0 radical (unpaired) electrons. The molecule has 1 aromatic rings. The molecule has 2 heterocycles. The van der Waals surface area contributed by atoms with Gasteiger partial charge in [-0.15, -0.1) is 0 Å². The van der Waals surface area contributed by atoms with Crippen molar-refractivity contribution in [3.8, 4) is 0 Å². The zero-order valence-corrected chi connectivity index (χ0v) is 9.57. The third-order valence-corrected chi connectivity index (χ3v) is 3.22. The van der Waals surface area contributed by atoms with Crippen LogP contribution in [-0.2, 0) is 5.66 Å². The molecule has 2 aliphatic rings. The summed E-state index contributed by atoms with van der Waals surface area (Å²) in [5, 5.41) is 20.0. The minimum atomic E-state index is -1.88. The van der Waals surface area contributed by atoms with Gasteiger partial charge >= 0.3 is 12.1 Å². The van der Waals surface area contributed by atoms with Crippen LogP contribution in [0, 0.1) is 6.92 Å². The van der Waals surface area contributed by atoms with Crippen LogP contribution in [0.15, 0.2) is 24.3 Å². The van der Waals surface area contributed by atoms with E-state index in [0.29, 0.717) is 5.56 Å². The Balaban J connectivity index is 2.13. The Bertz CT molecular complexity index is 520. The van der Waals surface area contributed by atoms with Crippen LogP contribution in [0.4, 0.5) is 9.59 Å². The van der Waals surface area contributed by atoms with Crippen molar-refractivity contribution >= 4 is 12.1 Å². The van der Waals surface area contributed by atoms with E-state index >= 15 is 0 Å². The zero-order chi connectivity index (χ0) is 13.0. The Kier molecular flexibility index (Phi) is 1.89. The van der Waals surface area contributed by atoms with Crippen molar-refractivity contribution in [1.82, 2.24) is 21.3 Å². The predicted molar refractivity (Wildman–Crippen MR) is 61.1 cm³/mol. The molecule has 2 aliphatic heterocycles. The first-order chi connectivity index (χ1) is 8.45. The highest BCUT2D eigenvalue weighted by molar-refractivity contribution is 5.87. The molecule has 18 heavy (non-hydrogen) atoms. The van der Waals surface area contributed by atoms with E-state index in [1.54, 1.807) is 12.1 Å². The third kappa shape index (κ3) is 1.22. The highest BCUT2D eigenvalue weighted by atomic mass is 16.4. The number of benzene rings is 1. The van der Waals surface area contributed by atoms with Crippen LogP contribution >= 0.6 is 0 Å². The largest absolute Gasteiger partial charge is 0.350 e. The lowest BCUT2D eigenvalue weighted by Crippen LogP contribution is -2.63. The van der Waals surface area contributed by atoms with Crippen LogP contribution in [0.3, 0.4) is 0 Å². The van der Waals surface area contributed by atoms with E-state index in [9.17, 15) is 14.7 Å². The predicted octanol–water partition coefficient (Wildman–Crippen LogP) is -0.580. The minimum Gasteiger partial charge on any atom is -0.350 e. The average Bonchev–Trinajstić information content (AvgIpc) is 2.63. The summed E-state index contributed by atoms with van der Waals surface area (Å²) in [7, 11) is 0. The maximum Gasteiger partial charge on any atom is 0.320 e. The fraction of sp³-hybridized carbons (Fsp3) is 0.273. The van der Waals surface area contributed by atoms with Gasteiger partial charge in [-0.2, -0.15) is 0 Å². The van der Waals surface area contributed by atoms with Gasteiger partial charge in [0.1, 0.15) is 0 Å². The molecular weight excluding hydrogens is 236 g/mol. The van der Waals surface area contributed by atoms with E-state index in [4.69, 9.17) is 0 Å². The molecule has 0 saturated carbocycles. The van der Waals surface area contributed by atoms with Gasteiger partial charge in [-0.05, 0) is 6.92 Å². The van der Waals surface area contributed by atoms with Crippen molar-refractivity contribution in [2.45, 2.75) is 18.4 Å². The number of hydrogen-bond acceptors (Lipinski definition) is 3. The van der Waals surface area contributed by atoms with E-state index in [1.165, 1.54) is 0 Å². The number of rotatable bonds is 1. The van der Waals surface area contributed by atoms with Crippen LogP contribution in [0.2, 0.25) is 0 Å². The molecular formula is C11H12N4O3. The fourth-order valence-corrected chi connectivity index (χ4v) is 2.32. The van der Waals surface area contributed by atoms with Crippen LogP contribution in [0.1, 0.15) is 11.1 Å². The smallest absolute Gasteiger partial charge is 0.320 e. The van der Waals surface area contributed by atoms with Gasteiger partial charge in [0.2, 0.25) is 5.66 Å². The summed E-state index contributed by atoms with van der Waals surface area (Å²) < 4.78 is 0. The van der Waals surface area contributed by atoms with Crippen LogP contribution in [-0.4, -0.2) is 23.0 Å². The summed E-state index contributed by atoms with van der Waals surface area (Å²) in [6.45, 7) is 1.92. The van der Waals surface area contributed by atoms with Crippen molar-refractivity contribution in [2.75, 3.05) is 0 Å². The number of urea groups is 2. The van der Waals surface area contributed by atoms with E-state index < -0.39 is 23.6 Å². The molecule has 0 bridgehead atoms. The van der Waals surface area contributed by atoms with Gasteiger partial charge in [0.05, 0.1) is 0 Å². The number of carbonyl (C=O) groups is 2. The number of fused-ring (bicyclic) bond motifs is 1. The van der Waals surface area contributed by atoms with E-state index in [0.717, 1.165) is 5.56 Å². The molecule has 3 rings (SSSR count). The molecule has 0 aromatic heterocycles. The Morgan fingerprint density at radius 1 is 0.944 bits per heavy atom. The van der Waals surface area contributed by atoms with Gasteiger partial charge in [-0.1, -0.05) is 29.8 Å². The lowest BCUT2D eigenvalue weighted by Gasteiger charge is -2.32. The lowest BCUT2D eigenvalue weighted by molar-refractivity contribution is -0.0446. The van der Waals surface area contributed by atoms with E-state index in [1.807, 2.05) is 19.1 Å². The monoisotopic (exact) mass is 248 g/mol. The van der Waals surface area contributed by atoms with Crippen molar-refractivity contribution in [3.63, 3.8) is 0 Å². The Hall–Kier alpha value is -2.28. The second-order valence-corrected chi connectivity index (χ2v) is 4.48. The molecule has 5 N–H and O–H groups in total. The van der Waals surface area contributed by atoms with Crippen molar-refractivity contribution in [3.05, 3.63) is 35.4 Å². The highest BCUT2D eigenvalue weighted by Gasteiger charge is 2.65. The van der Waals surface area contributed by atoms with Gasteiger partial charge in [-0.3, -0.25) is 10.6 Å². The molecule has 1 aromatic carbocycles. The summed E-state index contributed by atoms with van der Waals surface area (Å²) in [6.07, 6.45) is 0. The Morgan fingerprint density at radius 2 is 1.44 bits per heavy atom. The number of amides is 4. The molecule has 7 nitrogen and oxygen atoms in total. The molecule has 0 spiro atoms. The van der Waals surface area contributed by atoms with Gasteiger partial charge in [-0.25, -0.2) is 9.59 Å². The Labute approximate surface area is 103 Å². The van der Waals surface area contributed by atoms with Gasteiger partial charge in [0, 0.05) is 5.56 Å². The van der Waals surface area contributed by atoms with Crippen LogP contribution < -0.4 is 21.3 Å². The maximum absolute atomic E-state index is 11.4. The normalized spacial score (nSPS) is 33.2. The lowest BCUT2D eigenvalue weighted by atomic mass is 9.95. The van der Waals surface area contributed by atoms with Crippen molar-refractivity contribution < 1.29 is 14.7 Å². The van der Waals surface area contributed by atoms with Gasteiger partial charge < -0.3 is 15.7 Å². The Morgan fingerprint density at radius 3 is 1.94 bits per heavy atom. The molecule has 0 aliphatic carbocycles. The van der Waals surface area contributed by atoms with Crippen molar-refractivity contribution in [2.24, 2.45) is 0 Å². The summed E-state index contributed by atoms with van der Waals surface area (Å²) >= 11 is 0. The third-order valence-electron chi connectivity index (χ3n) is 3.22. The highest BCUT2D eigenvalue weighted by Crippen LogP contribution is 2.34. The standard InChI is InChI=1S/C11H12N4O3/c1-6-2-4-7(5-3-6)10-11(18,14-8(16)12-10)15-9(17)13-10/h2-5,18H,1H3,(H2,12,14,16)(H2,13,15,17)/t10-,11-. The molecule has 4 amide bonds. The molecule has 2 fully saturated rings. The summed E-state index contributed by atoms with van der Waals surface area (Å²) in [5.74, 6) is -1.88. The first kappa shape index (κ1) is 10.8.